The standard InChI is InChI=1S/C11H19N3O3/c1-11(2,14-7-8-17-10(14)16)9(15)13-5-3-12-4-6-13/h12H,3-8H2,1-2H3. The van der Waals surface area contributed by atoms with Gasteiger partial charge in [0.1, 0.15) is 12.1 Å². The van der Waals surface area contributed by atoms with Crippen molar-refractivity contribution < 1.29 is 14.3 Å². The van der Waals surface area contributed by atoms with Crippen LogP contribution in [0, 0.1) is 0 Å². The van der Waals surface area contributed by atoms with E-state index in [1.165, 1.54) is 4.90 Å². The van der Waals surface area contributed by atoms with Crippen LogP contribution in [0.25, 0.3) is 0 Å². The van der Waals surface area contributed by atoms with Crippen LogP contribution in [0.4, 0.5) is 4.79 Å². The third-order valence-corrected chi connectivity index (χ3v) is 3.36. The molecule has 2 aliphatic heterocycles. The van der Waals surface area contributed by atoms with Gasteiger partial charge in [-0.3, -0.25) is 9.69 Å². The van der Waals surface area contributed by atoms with Crippen LogP contribution in [-0.2, 0) is 9.53 Å². The van der Waals surface area contributed by atoms with Crippen molar-refractivity contribution in [3.05, 3.63) is 0 Å². The fraction of sp³-hybridized carbons (Fsp3) is 0.818. The van der Waals surface area contributed by atoms with Crippen LogP contribution in [0.15, 0.2) is 0 Å². The molecule has 17 heavy (non-hydrogen) atoms. The highest BCUT2D eigenvalue weighted by Gasteiger charge is 2.43. The first-order valence-electron chi connectivity index (χ1n) is 5.98. The molecular formula is C11H19N3O3. The second kappa shape index (κ2) is 4.52. The van der Waals surface area contributed by atoms with Gasteiger partial charge in [0.2, 0.25) is 5.91 Å². The summed E-state index contributed by atoms with van der Waals surface area (Å²) in [5.41, 5.74) is -0.815. The Hall–Kier alpha value is -1.30. The summed E-state index contributed by atoms with van der Waals surface area (Å²) < 4.78 is 4.89. The number of amides is 2. The summed E-state index contributed by atoms with van der Waals surface area (Å²) in [6.45, 7) is 7.45. The van der Waals surface area contributed by atoms with E-state index in [1.54, 1.807) is 13.8 Å². The van der Waals surface area contributed by atoms with Crippen LogP contribution in [0.2, 0.25) is 0 Å². The van der Waals surface area contributed by atoms with Gasteiger partial charge >= 0.3 is 6.09 Å². The lowest BCUT2D eigenvalue weighted by molar-refractivity contribution is -0.141. The molecule has 0 aromatic rings. The van der Waals surface area contributed by atoms with E-state index in [-0.39, 0.29) is 5.91 Å². The van der Waals surface area contributed by atoms with E-state index in [2.05, 4.69) is 5.32 Å². The first kappa shape index (κ1) is 12.2. The van der Waals surface area contributed by atoms with Gasteiger partial charge in [0.05, 0.1) is 6.54 Å². The van der Waals surface area contributed by atoms with E-state index in [9.17, 15) is 9.59 Å². The van der Waals surface area contributed by atoms with Crippen molar-refractivity contribution in [2.75, 3.05) is 39.3 Å². The molecule has 1 N–H and O–H groups in total. The number of nitrogens with zero attached hydrogens (tertiary/aromatic N) is 2. The topological polar surface area (TPSA) is 61.9 Å². The number of piperazine rings is 1. The lowest BCUT2D eigenvalue weighted by Crippen LogP contribution is -2.59. The normalized spacial score (nSPS) is 21.6. The molecule has 2 fully saturated rings. The average molecular weight is 241 g/mol. The third kappa shape index (κ3) is 2.22. The second-order valence-corrected chi connectivity index (χ2v) is 4.87. The Kier molecular flexibility index (Phi) is 3.24. The van der Waals surface area contributed by atoms with Crippen LogP contribution in [0.3, 0.4) is 0 Å². The summed E-state index contributed by atoms with van der Waals surface area (Å²) in [5.74, 6) is -0.00199. The highest BCUT2D eigenvalue weighted by Crippen LogP contribution is 2.22. The minimum atomic E-state index is -0.815. The molecule has 2 aliphatic rings. The zero-order valence-electron chi connectivity index (χ0n) is 10.4. The van der Waals surface area contributed by atoms with Crippen molar-refractivity contribution in [2.24, 2.45) is 0 Å². The summed E-state index contributed by atoms with van der Waals surface area (Å²) in [6.07, 6.45) is -0.390. The number of carbonyl (C=O) groups excluding carboxylic acids is 2. The van der Waals surface area contributed by atoms with E-state index in [0.29, 0.717) is 26.2 Å². The van der Waals surface area contributed by atoms with Crippen molar-refractivity contribution in [2.45, 2.75) is 19.4 Å². The molecule has 0 spiro atoms. The zero-order chi connectivity index (χ0) is 12.5. The van der Waals surface area contributed by atoms with Crippen LogP contribution >= 0.6 is 0 Å². The average Bonchev–Trinajstić information content (AvgIpc) is 2.76. The molecule has 2 heterocycles. The Balaban J connectivity index is 2.08. The molecule has 0 saturated carbocycles. The number of hydrogen-bond acceptors (Lipinski definition) is 4. The minimum absolute atomic E-state index is 0.00199. The molecule has 0 bridgehead atoms. The van der Waals surface area contributed by atoms with Crippen LogP contribution in [0.1, 0.15) is 13.8 Å². The van der Waals surface area contributed by atoms with Gasteiger partial charge in [-0.2, -0.15) is 0 Å². The van der Waals surface area contributed by atoms with Crippen molar-refractivity contribution in [3.63, 3.8) is 0 Å². The zero-order valence-corrected chi connectivity index (χ0v) is 10.4. The number of nitrogens with one attached hydrogen (secondary N) is 1. The van der Waals surface area contributed by atoms with Crippen molar-refractivity contribution in [3.8, 4) is 0 Å². The molecule has 6 nitrogen and oxygen atoms in total. The molecule has 2 amide bonds. The molecule has 0 aromatic carbocycles. The number of cyclic esters (lactones) is 1. The van der Waals surface area contributed by atoms with Crippen molar-refractivity contribution in [1.82, 2.24) is 15.1 Å². The van der Waals surface area contributed by atoms with Gasteiger partial charge in [-0.1, -0.05) is 0 Å². The van der Waals surface area contributed by atoms with Gasteiger partial charge in [-0.15, -0.1) is 0 Å². The minimum Gasteiger partial charge on any atom is -0.448 e. The molecule has 6 heteroatoms. The molecule has 0 radical (unpaired) electrons. The number of ether oxygens (including phenoxy) is 1. The Labute approximate surface area is 101 Å². The van der Waals surface area contributed by atoms with E-state index in [1.807, 2.05) is 4.90 Å². The van der Waals surface area contributed by atoms with Gasteiger partial charge in [0.25, 0.3) is 0 Å². The fourth-order valence-corrected chi connectivity index (χ4v) is 2.27. The Morgan fingerprint density at radius 2 is 1.94 bits per heavy atom. The molecule has 0 aromatic heterocycles. The number of hydrogen-bond donors (Lipinski definition) is 1. The van der Waals surface area contributed by atoms with Gasteiger partial charge < -0.3 is 15.0 Å². The van der Waals surface area contributed by atoms with E-state index in [4.69, 9.17) is 4.74 Å². The van der Waals surface area contributed by atoms with Gasteiger partial charge in [-0.25, -0.2) is 4.79 Å². The fourth-order valence-electron chi connectivity index (χ4n) is 2.27. The summed E-state index contributed by atoms with van der Waals surface area (Å²) in [6, 6.07) is 0. The summed E-state index contributed by atoms with van der Waals surface area (Å²) in [5, 5.41) is 3.20. The maximum absolute atomic E-state index is 12.4. The van der Waals surface area contributed by atoms with Crippen LogP contribution in [0.5, 0.6) is 0 Å². The lowest BCUT2D eigenvalue weighted by atomic mass is 10.0. The Bertz CT molecular complexity index is 324. The highest BCUT2D eigenvalue weighted by molar-refractivity contribution is 5.89. The third-order valence-electron chi connectivity index (χ3n) is 3.36. The molecule has 2 saturated heterocycles. The predicted octanol–water partition coefficient (Wildman–Crippen LogP) is -0.351. The van der Waals surface area contributed by atoms with Crippen LogP contribution < -0.4 is 5.32 Å². The first-order valence-corrected chi connectivity index (χ1v) is 5.98. The molecule has 0 aliphatic carbocycles. The molecule has 2 rings (SSSR count). The quantitative estimate of drug-likeness (QED) is 0.718. The van der Waals surface area contributed by atoms with Crippen molar-refractivity contribution >= 4 is 12.0 Å². The lowest BCUT2D eigenvalue weighted by Gasteiger charge is -2.38. The summed E-state index contributed by atoms with van der Waals surface area (Å²) in [4.78, 5) is 27.2. The summed E-state index contributed by atoms with van der Waals surface area (Å²) in [7, 11) is 0. The number of carbonyl (C=O) groups is 2. The first-order chi connectivity index (χ1) is 8.03. The second-order valence-electron chi connectivity index (χ2n) is 4.87. The largest absolute Gasteiger partial charge is 0.448 e. The summed E-state index contributed by atoms with van der Waals surface area (Å²) >= 11 is 0. The smallest absolute Gasteiger partial charge is 0.410 e. The van der Waals surface area contributed by atoms with Crippen molar-refractivity contribution in [1.29, 1.82) is 0 Å². The molecule has 0 unspecified atom stereocenters. The number of rotatable bonds is 2. The molecule has 0 atom stereocenters. The van der Waals surface area contributed by atoms with Gasteiger partial charge in [0.15, 0.2) is 0 Å². The van der Waals surface area contributed by atoms with E-state index in [0.717, 1.165) is 13.1 Å². The molecular weight excluding hydrogens is 222 g/mol. The Morgan fingerprint density at radius 3 is 2.47 bits per heavy atom. The maximum Gasteiger partial charge on any atom is 0.410 e. The Morgan fingerprint density at radius 1 is 1.29 bits per heavy atom. The monoisotopic (exact) mass is 241 g/mol. The van der Waals surface area contributed by atoms with Gasteiger partial charge in [0, 0.05) is 26.2 Å². The predicted molar refractivity (Wildman–Crippen MR) is 61.6 cm³/mol. The maximum atomic E-state index is 12.4. The van der Waals surface area contributed by atoms with Gasteiger partial charge in [-0.05, 0) is 13.8 Å². The highest BCUT2D eigenvalue weighted by atomic mass is 16.6. The van der Waals surface area contributed by atoms with E-state index < -0.39 is 11.6 Å². The van der Waals surface area contributed by atoms with E-state index >= 15 is 0 Å². The van der Waals surface area contributed by atoms with Crippen LogP contribution in [-0.4, -0.2) is 66.7 Å². The SMILES string of the molecule is CC(C)(C(=O)N1CCNCC1)N1CCOC1=O. The molecule has 96 valence electrons.